The van der Waals surface area contributed by atoms with Crippen LogP contribution in [0.15, 0.2) is 36.4 Å². The Kier molecular flexibility index (Phi) is 6.88. The van der Waals surface area contributed by atoms with Gasteiger partial charge in [-0.05, 0) is 17.5 Å². The number of Topliss-reactive ketones (excluding diaryl/α,β-unsaturated/α-hetero) is 1. The second kappa shape index (κ2) is 9.12. The molecule has 1 heterocycles. The second-order valence-electron chi connectivity index (χ2n) is 6.04. The third-order valence-electron chi connectivity index (χ3n) is 3.90. The van der Waals surface area contributed by atoms with E-state index in [1.165, 1.54) is 13.0 Å². The van der Waals surface area contributed by atoms with Crippen molar-refractivity contribution in [1.29, 1.82) is 5.26 Å². The molecule has 0 N–H and O–H groups in total. The maximum atomic E-state index is 12.4. The quantitative estimate of drug-likeness (QED) is 0.689. The normalized spacial score (nSPS) is 11.5. The molecule has 6 heteroatoms. The van der Waals surface area contributed by atoms with Gasteiger partial charge in [-0.25, -0.2) is 0 Å². The number of esters is 1. The van der Waals surface area contributed by atoms with Gasteiger partial charge in [0.1, 0.15) is 18.5 Å². The summed E-state index contributed by atoms with van der Waals surface area (Å²) in [5.74, 6) is -0.365. The number of rotatable bonds is 7. The Labute approximate surface area is 157 Å². The van der Waals surface area contributed by atoms with Crippen LogP contribution in [0.25, 0.3) is 0 Å². The molecule has 0 aliphatic heterocycles. The number of carbonyl (C=O) groups excluding carboxylic acids is 2. The Morgan fingerprint density at radius 3 is 2.62 bits per heavy atom. The molecule has 0 fully saturated rings. The van der Waals surface area contributed by atoms with E-state index in [9.17, 15) is 14.9 Å². The summed E-state index contributed by atoms with van der Waals surface area (Å²) in [6, 6.07) is 13.3. The zero-order valence-corrected chi connectivity index (χ0v) is 15.4. The highest BCUT2D eigenvalue weighted by molar-refractivity contribution is 6.31. The lowest BCUT2D eigenvalue weighted by Crippen LogP contribution is -2.11. The van der Waals surface area contributed by atoms with Crippen molar-refractivity contribution < 1.29 is 14.3 Å². The first kappa shape index (κ1) is 19.6. The van der Waals surface area contributed by atoms with Crippen molar-refractivity contribution in [2.24, 2.45) is 0 Å². The van der Waals surface area contributed by atoms with Crippen molar-refractivity contribution >= 4 is 23.4 Å². The molecule has 1 aromatic heterocycles. The molecule has 0 bridgehead atoms. The minimum Gasteiger partial charge on any atom is -0.459 e. The van der Waals surface area contributed by atoms with Gasteiger partial charge >= 0.3 is 5.97 Å². The summed E-state index contributed by atoms with van der Waals surface area (Å²) in [4.78, 5) is 27.7. The summed E-state index contributed by atoms with van der Waals surface area (Å²) in [6.07, 6.45) is 0.484. The van der Waals surface area contributed by atoms with E-state index >= 15 is 0 Å². The van der Waals surface area contributed by atoms with Crippen LogP contribution < -0.4 is 0 Å². The fourth-order valence-electron chi connectivity index (χ4n) is 2.62. The van der Waals surface area contributed by atoms with Crippen LogP contribution >= 0.6 is 11.6 Å². The maximum Gasteiger partial charge on any atom is 0.303 e. The number of hydrogen-bond donors (Lipinski definition) is 0. The number of pyridine rings is 1. The molecule has 0 aliphatic rings. The first-order chi connectivity index (χ1) is 12.4. The molecule has 0 spiro atoms. The smallest absolute Gasteiger partial charge is 0.303 e. The zero-order valence-electron chi connectivity index (χ0n) is 14.7. The summed E-state index contributed by atoms with van der Waals surface area (Å²) >= 11 is 6.12. The molecule has 0 unspecified atom stereocenters. The van der Waals surface area contributed by atoms with Crippen molar-refractivity contribution in [3.05, 3.63) is 63.9 Å². The van der Waals surface area contributed by atoms with Gasteiger partial charge in [0.05, 0.1) is 16.3 Å². The lowest BCUT2D eigenvalue weighted by Gasteiger charge is -2.12. The maximum absolute atomic E-state index is 12.4. The van der Waals surface area contributed by atoms with E-state index in [2.05, 4.69) is 4.98 Å². The highest BCUT2D eigenvalue weighted by atomic mass is 35.5. The largest absolute Gasteiger partial charge is 0.459 e. The number of carbonyl (C=O) groups is 2. The Bertz CT molecular complexity index is 844. The molecule has 5 nitrogen and oxygen atoms in total. The topological polar surface area (TPSA) is 80.0 Å². The first-order valence-electron chi connectivity index (χ1n) is 8.19. The molecule has 0 saturated heterocycles. The number of nitrogens with zero attached hydrogens (tertiary/aromatic N) is 2. The molecule has 1 aromatic carbocycles. The zero-order chi connectivity index (χ0) is 19.1. The average Bonchev–Trinajstić information content (AvgIpc) is 2.60. The number of benzene rings is 1. The molecule has 26 heavy (non-hydrogen) atoms. The summed E-state index contributed by atoms with van der Waals surface area (Å²) in [6.45, 7) is 3.12. The van der Waals surface area contributed by atoms with Gasteiger partial charge in [0.25, 0.3) is 0 Å². The molecule has 2 aromatic rings. The second-order valence-corrected chi connectivity index (χ2v) is 6.45. The first-order valence-corrected chi connectivity index (χ1v) is 8.57. The third kappa shape index (κ3) is 5.40. The summed E-state index contributed by atoms with van der Waals surface area (Å²) < 4.78 is 4.91. The number of aromatic nitrogens is 1. The van der Waals surface area contributed by atoms with Crippen molar-refractivity contribution in [3.8, 4) is 6.07 Å². The Morgan fingerprint density at radius 2 is 2.00 bits per heavy atom. The number of nitriles is 1. The summed E-state index contributed by atoms with van der Waals surface area (Å²) in [5.41, 5.74) is 1.97. The minimum atomic E-state index is -0.482. The van der Waals surface area contributed by atoms with E-state index < -0.39 is 5.97 Å². The van der Waals surface area contributed by atoms with E-state index in [1.807, 2.05) is 43.3 Å². The van der Waals surface area contributed by atoms with Crippen LogP contribution in [0.2, 0.25) is 5.02 Å². The van der Waals surface area contributed by atoms with Crippen LogP contribution in [0, 0.1) is 11.3 Å². The van der Waals surface area contributed by atoms with Crippen molar-refractivity contribution in [3.63, 3.8) is 0 Å². The molecule has 0 aliphatic carbocycles. The molecule has 1 atom stereocenters. The molecule has 0 saturated carbocycles. The van der Waals surface area contributed by atoms with Crippen molar-refractivity contribution in [1.82, 2.24) is 4.98 Å². The van der Waals surface area contributed by atoms with E-state index in [1.54, 1.807) is 0 Å². The third-order valence-corrected chi connectivity index (χ3v) is 4.20. The van der Waals surface area contributed by atoms with Crippen LogP contribution in [0.4, 0.5) is 0 Å². The van der Waals surface area contributed by atoms with E-state index in [-0.39, 0.29) is 41.0 Å². The van der Waals surface area contributed by atoms with E-state index in [4.69, 9.17) is 16.3 Å². The fourth-order valence-corrected chi connectivity index (χ4v) is 2.89. The van der Waals surface area contributed by atoms with Gasteiger partial charge < -0.3 is 4.74 Å². The number of ether oxygens (including phenoxy) is 1. The van der Waals surface area contributed by atoms with Crippen LogP contribution in [-0.4, -0.2) is 16.7 Å². The van der Waals surface area contributed by atoms with E-state index in [0.717, 1.165) is 5.56 Å². The van der Waals surface area contributed by atoms with Crippen molar-refractivity contribution in [2.45, 2.75) is 39.2 Å². The summed E-state index contributed by atoms with van der Waals surface area (Å²) in [7, 11) is 0. The van der Waals surface area contributed by atoms with Crippen molar-refractivity contribution in [2.75, 3.05) is 0 Å². The van der Waals surface area contributed by atoms with Gasteiger partial charge in [-0.1, -0.05) is 48.9 Å². The highest BCUT2D eigenvalue weighted by Gasteiger charge is 2.16. The van der Waals surface area contributed by atoms with Gasteiger partial charge in [0.15, 0.2) is 0 Å². The molecule has 0 amide bonds. The number of ketones is 1. The van der Waals surface area contributed by atoms with Crippen LogP contribution in [-0.2, 0) is 27.4 Å². The van der Waals surface area contributed by atoms with Crippen LogP contribution in [0.5, 0.6) is 0 Å². The van der Waals surface area contributed by atoms with Gasteiger partial charge in [-0.3, -0.25) is 14.6 Å². The Hall–Kier alpha value is -2.71. The molecule has 134 valence electrons. The monoisotopic (exact) mass is 370 g/mol. The molecule has 0 radical (unpaired) electrons. The molecule has 2 rings (SSSR count). The SMILES string of the molecule is CC(=O)OCc1nc(CC(=O)C[C@H](C)c2ccccc2)cc(Cl)c1C#N. The molecular formula is C20H19ClN2O3. The van der Waals surface area contributed by atoms with Gasteiger partial charge in [0, 0.05) is 25.5 Å². The average molecular weight is 371 g/mol. The predicted octanol–water partition coefficient (Wildman–Crippen LogP) is 3.98. The fraction of sp³-hybridized carbons (Fsp3) is 0.300. The van der Waals surface area contributed by atoms with Crippen LogP contribution in [0.3, 0.4) is 0 Å². The minimum absolute atomic E-state index is 0.0214. The van der Waals surface area contributed by atoms with Gasteiger partial charge in [-0.15, -0.1) is 0 Å². The lowest BCUT2D eigenvalue weighted by molar-refractivity contribution is -0.142. The van der Waals surface area contributed by atoms with Gasteiger partial charge in [0.2, 0.25) is 0 Å². The number of hydrogen-bond acceptors (Lipinski definition) is 5. The number of halogens is 1. The summed E-state index contributed by atoms with van der Waals surface area (Å²) in [5, 5.41) is 9.40. The highest BCUT2D eigenvalue weighted by Crippen LogP contribution is 2.23. The lowest BCUT2D eigenvalue weighted by atomic mass is 9.94. The van der Waals surface area contributed by atoms with E-state index in [0.29, 0.717) is 12.1 Å². The van der Waals surface area contributed by atoms with Crippen LogP contribution in [0.1, 0.15) is 48.7 Å². The predicted molar refractivity (Wildman–Crippen MR) is 97.6 cm³/mol. The Morgan fingerprint density at radius 1 is 1.31 bits per heavy atom. The van der Waals surface area contributed by atoms with Gasteiger partial charge in [-0.2, -0.15) is 5.26 Å². The Balaban J connectivity index is 2.12. The standard InChI is InChI=1S/C20H19ClN2O3/c1-13(15-6-4-3-5-7-15)8-17(25)9-16-10-19(21)18(11-22)20(23-16)12-26-14(2)24/h3-7,10,13H,8-9,12H2,1-2H3/t13-/m0/s1. The molecular weight excluding hydrogens is 352 g/mol.